The smallest absolute Gasteiger partial charge is 0.252 e. The Morgan fingerprint density at radius 2 is 2.06 bits per heavy atom. The van der Waals surface area contributed by atoms with Crippen molar-refractivity contribution in [1.29, 1.82) is 0 Å². The van der Waals surface area contributed by atoms with Crippen LogP contribution < -0.4 is 11.1 Å². The van der Waals surface area contributed by atoms with Gasteiger partial charge in [-0.2, -0.15) is 0 Å². The van der Waals surface area contributed by atoms with Gasteiger partial charge in [0.25, 0.3) is 5.91 Å². The summed E-state index contributed by atoms with van der Waals surface area (Å²) in [7, 11) is 0. The maximum Gasteiger partial charge on any atom is 0.252 e. The van der Waals surface area contributed by atoms with Crippen LogP contribution in [0.4, 0.5) is 5.82 Å². The maximum absolute atomic E-state index is 12.2. The van der Waals surface area contributed by atoms with Gasteiger partial charge in [-0.3, -0.25) is 9.36 Å². The summed E-state index contributed by atoms with van der Waals surface area (Å²) in [5.74, 6) is -0.223. The second-order valence-electron chi connectivity index (χ2n) is 9.31. The van der Waals surface area contributed by atoms with Gasteiger partial charge in [0.1, 0.15) is 23.3 Å². The van der Waals surface area contributed by atoms with Gasteiger partial charge in [-0.1, -0.05) is 13.8 Å². The lowest BCUT2D eigenvalue weighted by Gasteiger charge is -2.40. The zero-order chi connectivity index (χ0) is 22.6. The summed E-state index contributed by atoms with van der Waals surface area (Å²) in [6.45, 7) is 6.29. The summed E-state index contributed by atoms with van der Waals surface area (Å²) in [6, 6.07) is 0. The molecule has 1 saturated heterocycles. The van der Waals surface area contributed by atoms with Gasteiger partial charge in [-0.05, 0) is 38.0 Å². The number of nitrogens with two attached hydrogens (primary N) is 1. The van der Waals surface area contributed by atoms with E-state index in [4.69, 9.17) is 10.5 Å². The summed E-state index contributed by atoms with van der Waals surface area (Å²) in [5.41, 5.74) is 5.35. The van der Waals surface area contributed by atoms with Gasteiger partial charge in [0, 0.05) is 6.54 Å². The van der Waals surface area contributed by atoms with Crippen molar-refractivity contribution in [2.45, 2.75) is 76.6 Å². The summed E-state index contributed by atoms with van der Waals surface area (Å²) in [4.78, 5) is 25.3. The highest BCUT2D eigenvalue weighted by atomic mass is 16.6. The average molecular weight is 434 g/mol. The number of hydrogen-bond acceptors (Lipinski definition) is 9. The number of aliphatic hydroxyl groups is 3. The van der Waals surface area contributed by atoms with Gasteiger partial charge in [0.2, 0.25) is 0 Å². The molecule has 0 spiro atoms. The van der Waals surface area contributed by atoms with Crippen molar-refractivity contribution in [3.63, 3.8) is 0 Å². The molecule has 31 heavy (non-hydrogen) atoms. The molecule has 6 N–H and O–H groups in total. The number of fused-ring (bicyclic) bond motifs is 1. The van der Waals surface area contributed by atoms with Crippen molar-refractivity contribution < 1.29 is 24.9 Å². The molecule has 1 aliphatic heterocycles. The minimum absolute atomic E-state index is 0.0744. The van der Waals surface area contributed by atoms with Gasteiger partial charge in [-0.15, -0.1) is 0 Å². The lowest BCUT2D eigenvalue weighted by molar-refractivity contribution is -0.137. The van der Waals surface area contributed by atoms with Gasteiger partial charge >= 0.3 is 0 Å². The zero-order valence-electron chi connectivity index (χ0n) is 17.9. The first kappa shape index (κ1) is 21.9. The van der Waals surface area contributed by atoms with Crippen LogP contribution in [0.5, 0.6) is 0 Å². The molecule has 4 rings (SSSR count). The van der Waals surface area contributed by atoms with Crippen molar-refractivity contribution in [2.24, 2.45) is 5.41 Å². The third-order valence-electron chi connectivity index (χ3n) is 6.20. The average Bonchev–Trinajstić information content (AvgIpc) is 3.23. The Labute approximate surface area is 179 Å². The molecule has 5 atom stereocenters. The standard InChI is InChI=1S/C20H30N6O5/c1-4-22-16(29)13-11(27)12(28)17(31-13)26-9-23-10-14(21)24-18(25-15(10)26)20(30)7-5-6-19(2,3)8-20/h9,11-13,17,27-28,30H,4-8H2,1-3H3,(H,22,29)(H2,21,24,25)/t11?,12?,13-,17+,20?/m0/s1. The van der Waals surface area contributed by atoms with Crippen LogP contribution in [-0.4, -0.2) is 65.6 Å². The first-order valence-corrected chi connectivity index (χ1v) is 10.6. The molecular formula is C20H30N6O5. The quantitative estimate of drug-likeness (QED) is 0.443. The third-order valence-corrected chi connectivity index (χ3v) is 6.20. The van der Waals surface area contributed by atoms with Crippen LogP contribution in [0, 0.1) is 5.41 Å². The second-order valence-corrected chi connectivity index (χ2v) is 9.31. The number of nitrogens with one attached hydrogen (secondary N) is 1. The number of carbonyl (C=O) groups excluding carboxylic acids is 1. The lowest BCUT2D eigenvalue weighted by Crippen LogP contribution is -2.42. The first-order chi connectivity index (χ1) is 14.6. The van der Waals surface area contributed by atoms with Crippen molar-refractivity contribution in [3.05, 3.63) is 12.2 Å². The summed E-state index contributed by atoms with van der Waals surface area (Å²) >= 11 is 0. The summed E-state index contributed by atoms with van der Waals surface area (Å²) in [6.07, 6.45) is -0.963. The van der Waals surface area contributed by atoms with E-state index in [1.807, 2.05) is 0 Å². The van der Waals surface area contributed by atoms with Gasteiger partial charge < -0.3 is 31.1 Å². The number of likely N-dealkylation sites (N-methyl/N-ethyl adjacent to an activating group) is 1. The van der Waals surface area contributed by atoms with Crippen LogP contribution in [0.15, 0.2) is 6.33 Å². The molecule has 0 aromatic carbocycles. The van der Waals surface area contributed by atoms with Crippen molar-refractivity contribution in [1.82, 2.24) is 24.8 Å². The molecule has 1 amide bonds. The number of aliphatic hydroxyl groups excluding tert-OH is 2. The first-order valence-electron chi connectivity index (χ1n) is 10.6. The summed E-state index contributed by atoms with van der Waals surface area (Å²) in [5, 5.41) is 34.8. The number of ether oxygens (including phenoxy) is 1. The van der Waals surface area contributed by atoms with Crippen molar-refractivity contribution in [2.75, 3.05) is 12.3 Å². The second kappa shape index (κ2) is 7.66. The normalized spacial score (nSPS) is 33.0. The van der Waals surface area contributed by atoms with Crippen LogP contribution >= 0.6 is 0 Å². The molecule has 1 aliphatic carbocycles. The SMILES string of the molecule is CCNC(=O)[C@H]1O[C@@H](n2cnc3c(N)nc(C4(O)CCCC(C)(C)C4)nc32)C(O)C1O. The Morgan fingerprint density at radius 3 is 2.74 bits per heavy atom. The topological polar surface area (TPSA) is 169 Å². The third kappa shape index (κ3) is 3.75. The minimum atomic E-state index is -1.42. The Hall–Kier alpha value is -2.34. The van der Waals surface area contributed by atoms with E-state index >= 15 is 0 Å². The molecule has 0 radical (unpaired) electrons. The molecule has 2 aliphatic rings. The highest BCUT2D eigenvalue weighted by Crippen LogP contribution is 2.45. The van der Waals surface area contributed by atoms with Crippen LogP contribution in [-0.2, 0) is 15.1 Å². The van der Waals surface area contributed by atoms with Crippen LogP contribution in [0.1, 0.15) is 58.5 Å². The lowest BCUT2D eigenvalue weighted by atomic mass is 9.69. The van der Waals surface area contributed by atoms with Gasteiger partial charge in [0.05, 0.1) is 6.33 Å². The zero-order valence-corrected chi connectivity index (χ0v) is 17.9. The predicted octanol–water partition coefficient (Wildman–Crippen LogP) is -0.0484. The molecule has 2 fully saturated rings. The molecular weight excluding hydrogens is 404 g/mol. The molecule has 0 bridgehead atoms. The molecule has 1 saturated carbocycles. The predicted molar refractivity (Wildman–Crippen MR) is 110 cm³/mol. The number of aromatic nitrogens is 4. The van der Waals surface area contributed by atoms with Gasteiger partial charge in [-0.25, -0.2) is 15.0 Å². The Balaban J connectivity index is 1.73. The summed E-state index contributed by atoms with van der Waals surface area (Å²) < 4.78 is 7.10. The number of nitrogen functional groups attached to an aromatic ring is 1. The largest absolute Gasteiger partial charge is 0.387 e. The van der Waals surface area contributed by atoms with E-state index in [1.165, 1.54) is 10.9 Å². The number of hydrogen-bond donors (Lipinski definition) is 5. The van der Waals surface area contributed by atoms with Crippen LogP contribution in [0.25, 0.3) is 11.2 Å². The van der Waals surface area contributed by atoms with Crippen molar-refractivity contribution in [3.8, 4) is 0 Å². The highest BCUT2D eigenvalue weighted by molar-refractivity contribution is 5.83. The van der Waals surface area contributed by atoms with Crippen LogP contribution in [0.2, 0.25) is 0 Å². The highest BCUT2D eigenvalue weighted by Gasteiger charge is 2.48. The fraction of sp³-hybridized carbons (Fsp3) is 0.700. The fourth-order valence-corrected chi connectivity index (χ4v) is 4.73. The molecule has 3 heterocycles. The molecule has 2 aromatic rings. The molecule has 11 nitrogen and oxygen atoms in total. The monoisotopic (exact) mass is 434 g/mol. The van der Waals surface area contributed by atoms with Gasteiger partial charge in [0.15, 0.2) is 29.6 Å². The number of carbonyl (C=O) groups is 1. The van der Waals surface area contributed by atoms with E-state index in [2.05, 4.69) is 34.1 Å². The maximum atomic E-state index is 12.2. The number of anilines is 1. The molecule has 11 heteroatoms. The van der Waals surface area contributed by atoms with E-state index in [1.54, 1.807) is 6.92 Å². The number of imidazole rings is 1. The molecule has 2 aromatic heterocycles. The van der Waals surface area contributed by atoms with Crippen LogP contribution in [0.3, 0.4) is 0 Å². The van der Waals surface area contributed by atoms with E-state index in [9.17, 15) is 20.1 Å². The molecule has 170 valence electrons. The Kier molecular flexibility index (Phi) is 5.41. The minimum Gasteiger partial charge on any atom is -0.387 e. The Bertz CT molecular complexity index is 994. The molecule has 3 unspecified atom stereocenters. The van der Waals surface area contributed by atoms with E-state index in [-0.39, 0.29) is 28.2 Å². The number of nitrogens with zero attached hydrogens (tertiary/aromatic N) is 4. The fourth-order valence-electron chi connectivity index (χ4n) is 4.73. The van der Waals surface area contributed by atoms with Crippen molar-refractivity contribution >= 4 is 22.9 Å². The number of amides is 1. The van der Waals surface area contributed by atoms with E-state index < -0.39 is 36.0 Å². The van der Waals surface area contributed by atoms with E-state index in [0.29, 0.717) is 19.4 Å². The van der Waals surface area contributed by atoms with E-state index in [0.717, 1.165) is 12.8 Å². The number of rotatable bonds is 4. The Morgan fingerprint density at radius 1 is 1.32 bits per heavy atom.